The summed E-state index contributed by atoms with van der Waals surface area (Å²) in [4.78, 5) is 36.2. The van der Waals surface area contributed by atoms with Crippen molar-refractivity contribution in [3.63, 3.8) is 0 Å². The van der Waals surface area contributed by atoms with E-state index in [1.807, 2.05) is 16.7 Å². The predicted octanol–water partition coefficient (Wildman–Crippen LogP) is 1.93. The summed E-state index contributed by atoms with van der Waals surface area (Å²) in [7, 11) is 1.62. The van der Waals surface area contributed by atoms with E-state index >= 15 is 0 Å². The highest BCUT2D eigenvalue weighted by atomic mass is 19.1. The van der Waals surface area contributed by atoms with Gasteiger partial charge in [0.1, 0.15) is 5.82 Å². The molecule has 1 aromatic carbocycles. The first-order valence-corrected chi connectivity index (χ1v) is 10.8. The van der Waals surface area contributed by atoms with Crippen LogP contribution in [0.3, 0.4) is 0 Å². The highest BCUT2D eigenvalue weighted by Crippen LogP contribution is 2.23. The molecule has 3 heterocycles. The molecule has 0 aliphatic carbocycles. The van der Waals surface area contributed by atoms with Crippen LogP contribution < -0.4 is 16.1 Å². The fourth-order valence-electron chi connectivity index (χ4n) is 4.04. The average molecular weight is 429 g/mol. The minimum atomic E-state index is -0.465. The molecule has 0 bridgehead atoms. The molecule has 0 amide bonds. The molecule has 1 fully saturated rings. The number of piperazine rings is 1. The van der Waals surface area contributed by atoms with Crippen LogP contribution in [0.5, 0.6) is 0 Å². The summed E-state index contributed by atoms with van der Waals surface area (Å²) in [5.41, 5.74) is 0.667. The topological polar surface area (TPSA) is 79.2 Å². The zero-order valence-electron chi connectivity index (χ0n) is 18.3. The second-order valence-corrected chi connectivity index (χ2v) is 8.59. The molecule has 0 radical (unpaired) electrons. The van der Waals surface area contributed by atoms with E-state index in [4.69, 9.17) is 4.98 Å². The van der Waals surface area contributed by atoms with Gasteiger partial charge in [-0.15, -0.1) is 0 Å². The number of nitrogens with zero attached hydrogens (tertiary/aromatic N) is 5. The highest BCUT2D eigenvalue weighted by molar-refractivity contribution is 5.74. The quantitative estimate of drug-likeness (QED) is 0.649. The van der Waals surface area contributed by atoms with Crippen molar-refractivity contribution in [2.45, 2.75) is 33.4 Å². The second-order valence-electron chi connectivity index (χ2n) is 8.59. The third-order valence-corrected chi connectivity index (χ3v) is 5.92. The molecule has 9 heteroatoms. The van der Waals surface area contributed by atoms with Crippen LogP contribution in [0.15, 0.2) is 33.9 Å². The number of aryl methyl sites for hydroxylation is 2. The molecule has 1 aliphatic heterocycles. The number of nitrogens with one attached hydrogen (secondary N) is 1. The Bertz CT molecular complexity index is 1190. The van der Waals surface area contributed by atoms with Crippen molar-refractivity contribution in [2.75, 3.05) is 31.1 Å². The lowest BCUT2D eigenvalue weighted by Crippen LogP contribution is -2.47. The van der Waals surface area contributed by atoms with E-state index in [9.17, 15) is 14.0 Å². The van der Waals surface area contributed by atoms with Crippen LogP contribution in [-0.2, 0) is 20.1 Å². The molecule has 0 atom stereocenters. The van der Waals surface area contributed by atoms with Crippen LogP contribution in [0, 0.1) is 11.7 Å². The normalized spacial score (nSPS) is 15.3. The largest absolute Gasteiger partial charge is 0.340 e. The summed E-state index contributed by atoms with van der Waals surface area (Å²) in [6, 6.07) is 6.87. The Morgan fingerprint density at radius 3 is 2.52 bits per heavy atom. The fraction of sp³-hybridized carbons (Fsp3) is 0.500. The molecule has 0 spiro atoms. The van der Waals surface area contributed by atoms with Gasteiger partial charge >= 0.3 is 5.69 Å². The maximum Gasteiger partial charge on any atom is 0.329 e. The molecule has 3 aromatic rings. The Morgan fingerprint density at radius 2 is 1.84 bits per heavy atom. The Balaban J connectivity index is 1.60. The zero-order chi connectivity index (χ0) is 22.1. The summed E-state index contributed by atoms with van der Waals surface area (Å²) in [5.74, 6) is 1.00. The molecule has 2 aromatic heterocycles. The standard InChI is InChI=1S/C22H29FN6O2/c1-15(2)8-9-29-18-19(26(3)22(31)25-20(18)30)24-21(29)28-12-10-27(11-13-28)14-16-6-4-5-7-17(16)23/h4-7,15H,8-14H2,1-3H3,(H,25,30,31). The van der Waals surface area contributed by atoms with Gasteiger partial charge in [0.25, 0.3) is 5.56 Å². The number of imidazole rings is 1. The Hall–Kier alpha value is -2.94. The Morgan fingerprint density at radius 1 is 1.13 bits per heavy atom. The minimum absolute atomic E-state index is 0.180. The number of anilines is 1. The maximum atomic E-state index is 14.0. The number of H-pyrrole nitrogens is 1. The smallest absolute Gasteiger partial charge is 0.329 e. The number of benzene rings is 1. The number of aromatic nitrogens is 4. The molecular weight excluding hydrogens is 399 g/mol. The van der Waals surface area contributed by atoms with Crippen molar-refractivity contribution >= 4 is 17.1 Å². The summed E-state index contributed by atoms with van der Waals surface area (Å²) < 4.78 is 17.3. The van der Waals surface area contributed by atoms with Crippen molar-refractivity contribution in [1.82, 2.24) is 24.0 Å². The van der Waals surface area contributed by atoms with E-state index in [1.54, 1.807) is 13.1 Å². The van der Waals surface area contributed by atoms with Gasteiger partial charge in [-0.3, -0.25) is 19.2 Å². The van der Waals surface area contributed by atoms with Crippen LogP contribution in [0.4, 0.5) is 10.3 Å². The van der Waals surface area contributed by atoms with Gasteiger partial charge < -0.3 is 9.47 Å². The van der Waals surface area contributed by atoms with Crippen LogP contribution in [0.25, 0.3) is 11.2 Å². The van der Waals surface area contributed by atoms with E-state index in [-0.39, 0.29) is 5.82 Å². The molecule has 0 unspecified atom stereocenters. The van der Waals surface area contributed by atoms with E-state index in [1.165, 1.54) is 10.6 Å². The Kier molecular flexibility index (Phi) is 5.95. The van der Waals surface area contributed by atoms with E-state index in [0.717, 1.165) is 19.5 Å². The fourth-order valence-corrected chi connectivity index (χ4v) is 4.04. The van der Waals surface area contributed by atoms with Crippen LogP contribution in [0.2, 0.25) is 0 Å². The summed E-state index contributed by atoms with van der Waals surface area (Å²) in [6.07, 6.45) is 0.897. The van der Waals surface area contributed by atoms with Crippen molar-refractivity contribution in [3.8, 4) is 0 Å². The van der Waals surface area contributed by atoms with Crippen molar-refractivity contribution < 1.29 is 4.39 Å². The molecule has 8 nitrogen and oxygen atoms in total. The lowest BCUT2D eigenvalue weighted by molar-refractivity contribution is 0.245. The lowest BCUT2D eigenvalue weighted by atomic mass is 10.1. The number of rotatable bonds is 6. The SMILES string of the molecule is CC(C)CCn1c(N2CCN(Cc3ccccc3F)CC2)nc2c1c(=O)[nH]c(=O)n2C. The number of fused-ring (bicyclic) bond motifs is 1. The number of halogens is 1. The zero-order valence-corrected chi connectivity index (χ0v) is 18.3. The van der Waals surface area contributed by atoms with Gasteiger partial charge in [-0.05, 0) is 18.4 Å². The van der Waals surface area contributed by atoms with E-state index in [2.05, 4.69) is 28.6 Å². The van der Waals surface area contributed by atoms with Crippen molar-refractivity contribution in [1.29, 1.82) is 0 Å². The van der Waals surface area contributed by atoms with Crippen LogP contribution >= 0.6 is 0 Å². The van der Waals surface area contributed by atoms with Crippen molar-refractivity contribution in [3.05, 3.63) is 56.5 Å². The van der Waals surface area contributed by atoms with Crippen molar-refractivity contribution in [2.24, 2.45) is 13.0 Å². The lowest BCUT2D eigenvalue weighted by Gasteiger charge is -2.35. The molecule has 1 N–H and O–H groups in total. The first-order valence-electron chi connectivity index (χ1n) is 10.8. The number of hydrogen-bond acceptors (Lipinski definition) is 5. The molecule has 1 aliphatic rings. The maximum absolute atomic E-state index is 14.0. The monoisotopic (exact) mass is 428 g/mol. The van der Waals surface area contributed by atoms with Crippen LogP contribution in [-0.4, -0.2) is 50.2 Å². The molecule has 4 rings (SSSR count). The first kappa shape index (κ1) is 21.3. The van der Waals surface area contributed by atoms with Gasteiger partial charge in [-0.1, -0.05) is 32.0 Å². The van der Waals surface area contributed by atoms with Gasteiger partial charge in [0.05, 0.1) is 0 Å². The molecule has 1 saturated heterocycles. The van der Waals surface area contributed by atoms with E-state index in [0.29, 0.717) is 54.8 Å². The predicted molar refractivity (Wildman–Crippen MR) is 119 cm³/mol. The summed E-state index contributed by atoms with van der Waals surface area (Å²) in [6.45, 7) is 8.45. The molecule has 0 saturated carbocycles. The second kappa shape index (κ2) is 8.66. The van der Waals surface area contributed by atoms with E-state index < -0.39 is 11.2 Å². The third kappa shape index (κ3) is 4.27. The van der Waals surface area contributed by atoms with Gasteiger partial charge in [-0.25, -0.2) is 9.18 Å². The van der Waals surface area contributed by atoms with Crippen LogP contribution in [0.1, 0.15) is 25.8 Å². The van der Waals surface area contributed by atoms with Gasteiger partial charge in [0.15, 0.2) is 11.2 Å². The average Bonchev–Trinajstić information content (AvgIpc) is 3.13. The van der Waals surface area contributed by atoms with Gasteiger partial charge in [0, 0.05) is 51.9 Å². The van der Waals surface area contributed by atoms with Gasteiger partial charge in [-0.2, -0.15) is 4.98 Å². The highest BCUT2D eigenvalue weighted by Gasteiger charge is 2.25. The molecule has 166 valence electrons. The molecular formula is C22H29FN6O2. The minimum Gasteiger partial charge on any atom is -0.340 e. The third-order valence-electron chi connectivity index (χ3n) is 5.92. The number of aromatic amines is 1. The molecule has 31 heavy (non-hydrogen) atoms. The summed E-state index contributed by atoms with van der Waals surface area (Å²) in [5, 5.41) is 0. The van der Waals surface area contributed by atoms with Gasteiger partial charge in [0.2, 0.25) is 5.95 Å². The summed E-state index contributed by atoms with van der Waals surface area (Å²) >= 11 is 0. The first-order chi connectivity index (χ1) is 14.8. The number of hydrogen-bond donors (Lipinski definition) is 1. The Labute approximate surface area is 179 Å².